The highest BCUT2D eigenvalue weighted by Crippen LogP contribution is 2.26. The van der Waals surface area contributed by atoms with E-state index in [2.05, 4.69) is 34.4 Å². The van der Waals surface area contributed by atoms with Gasteiger partial charge in [0.2, 0.25) is 0 Å². The Bertz CT molecular complexity index is 353. The van der Waals surface area contributed by atoms with Gasteiger partial charge in [-0.15, -0.1) is 0 Å². The molecule has 0 aromatic heterocycles. The van der Waals surface area contributed by atoms with Crippen LogP contribution >= 0.6 is 0 Å². The van der Waals surface area contributed by atoms with Crippen LogP contribution in [0.3, 0.4) is 0 Å². The van der Waals surface area contributed by atoms with Crippen LogP contribution in [0, 0.1) is 5.92 Å². The number of hydrogen-bond acceptors (Lipinski definition) is 3. The van der Waals surface area contributed by atoms with Crippen LogP contribution < -0.4 is 10.6 Å². The lowest BCUT2D eigenvalue weighted by atomic mass is 10.2. The van der Waals surface area contributed by atoms with E-state index < -0.39 is 0 Å². The maximum atomic E-state index is 5.61. The zero-order chi connectivity index (χ0) is 16.5. The number of rotatable bonds is 8. The van der Waals surface area contributed by atoms with E-state index in [-0.39, 0.29) is 0 Å². The zero-order valence-electron chi connectivity index (χ0n) is 15.3. The minimum absolute atomic E-state index is 0.541. The first-order chi connectivity index (χ1) is 11.2. The fraction of sp³-hybridized carbons (Fsp3) is 0.944. The fourth-order valence-corrected chi connectivity index (χ4v) is 3.59. The van der Waals surface area contributed by atoms with Crippen molar-refractivity contribution < 1.29 is 4.74 Å². The molecule has 1 unspecified atom stereocenters. The van der Waals surface area contributed by atoms with Gasteiger partial charge in [-0.1, -0.05) is 26.7 Å². The van der Waals surface area contributed by atoms with E-state index >= 15 is 0 Å². The molecule has 2 aliphatic rings. The SMILES string of the molecule is CN=C(NCCCOCC(C)C)NC1CCN(C2CCCC2)C1. The van der Waals surface area contributed by atoms with Gasteiger partial charge in [0.15, 0.2) is 5.96 Å². The molecule has 0 bridgehead atoms. The Morgan fingerprint density at radius 3 is 2.74 bits per heavy atom. The number of likely N-dealkylation sites (tertiary alicyclic amines) is 1. The Kier molecular flexibility index (Phi) is 8.17. The second-order valence-corrected chi connectivity index (χ2v) is 7.38. The third kappa shape index (κ3) is 6.68. The van der Waals surface area contributed by atoms with E-state index in [1.165, 1.54) is 45.2 Å². The highest BCUT2D eigenvalue weighted by molar-refractivity contribution is 5.79. The summed E-state index contributed by atoms with van der Waals surface area (Å²) in [6.07, 6.45) is 7.88. The summed E-state index contributed by atoms with van der Waals surface area (Å²) in [6.45, 7) is 9.36. The van der Waals surface area contributed by atoms with Crippen molar-refractivity contribution in [2.24, 2.45) is 10.9 Å². The van der Waals surface area contributed by atoms with Crippen molar-refractivity contribution in [3.63, 3.8) is 0 Å². The zero-order valence-corrected chi connectivity index (χ0v) is 15.3. The maximum Gasteiger partial charge on any atom is 0.191 e. The van der Waals surface area contributed by atoms with Gasteiger partial charge in [0.25, 0.3) is 0 Å². The predicted molar refractivity (Wildman–Crippen MR) is 97.0 cm³/mol. The lowest BCUT2D eigenvalue weighted by Crippen LogP contribution is -2.45. The fourth-order valence-electron chi connectivity index (χ4n) is 3.59. The molecule has 1 saturated carbocycles. The number of nitrogens with one attached hydrogen (secondary N) is 2. The summed E-state index contributed by atoms with van der Waals surface area (Å²) in [5, 5.41) is 6.99. The third-order valence-corrected chi connectivity index (χ3v) is 4.83. The van der Waals surface area contributed by atoms with Crippen molar-refractivity contribution >= 4 is 5.96 Å². The van der Waals surface area contributed by atoms with Crippen molar-refractivity contribution in [1.29, 1.82) is 0 Å². The molecule has 134 valence electrons. The molecule has 5 heteroatoms. The topological polar surface area (TPSA) is 48.9 Å². The minimum Gasteiger partial charge on any atom is -0.381 e. The van der Waals surface area contributed by atoms with E-state index in [4.69, 9.17) is 4.74 Å². The average molecular weight is 325 g/mol. The molecule has 0 spiro atoms. The molecule has 1 aliphatic carbocycles. The monoisotopic (exact) mass is 324 g/mol. The average Bonchev–Trinajstić information content (AvgIpc) is 3.20. The summed E-state index contributed by atoms with van der Waals surface area (Å²) < 4.78 is 5.61. The Morgan fingerprint density at radius 2 is 2.04 bits per heavy atom. The molecular formula is C18H36N4O. The molecule has 0 radical (unpaired) electrons. The molecule has 1 atom stereocenters. The molecule has 0 amide bonds. The summed E-state index contributed by atoms with van der Waals surface area (Å²) >= 11 is 0. The van der Waals surface area contributed by atoms with Crippen molar-refractivity contribution in [3.8, 4) is 0 Å². The first-order valence-corrected chi connectivity index (χ1v) is 9.48. The van der Waals surface area contributed by atoms with Gasteiger partial charge in [0, 0.05) is 52.0 Å². The van der Waals surface area contributed by atoms with Gasteiger partial charge >= 0.3 is 0 Å². The summed E-state index contributed by atoms with van der Waals surface area (Å²) in [7, 11) is 1.86. The first-order valence-electron chi connectivity index (χ1n) is 9.48. The second-order valence-electron chi connectivity index (χ2n) is 7.38. The van der Waals surface area contributed by atoms with E-state index in [1.807, 2.05) is 7.05 Å². The highest BCUT2D eigenvalue weighted by atomic mass is 16.5. The molecule has 0 aromatic carbocycles. The van der Waals surface area contributed by atoms with Crippen LogP contribution in [0.5, 0.6) is 0 Å². The quantitative estimate of drug-likeness (QED) is 0.408. The summed E-state index contributed by atoms with van der Waals surface area (Å²) in [6, 6.07) is 1.38. The molecule has 23 heavy (non-hydrogen) atoms. The summed E-state index contributed by atoms with van der Waals surface area (Å²) in [5.74, 6) is 1.55. The number of hydrogen-bond donors (Lipinski definition) is 2. The van der Waals surface area contributed by atoms with Gasteiger partial charge in [-0.25, -0.2) is 0 Å². The molecule has 1 heterocycles. The predicted octanol–water partition coefficient (Wildman–Crippen LogP) is 2.23. The van der Waals surface area contributed by atoms with E-state index in [1.54, 1.807) is 0 Å². The van der Waals surface area contributed by atoms with Gasteiger partial charge in [-0.3, -0.25) is 9.89 Å². The molecule has 5 nitrogen and oxygen atoms in total. The molecule has 2 fully saturated rings. The summed E-state index contributed by atoms with van der Waals surface area (Å²) in [4.78, 5) is 7.03. The number of ether oxygens (including phenoxy) is 1. The van der Waals surface area contributed by atoms with Crippen molar-refractivity contribution in [2.45, 2.75) is 64.5 Å². The Hall–Kier alpha value is -0.810. The number of guanidine groups is 1. The lowest BCUT2D eigenvalue weighted by Gasteiger charge is -2.24. The van der Waals surface area contributed by atoms with Crippen molar-refractivity contribution in [1.82, 2.24) is 15.5 Å². The number of nitrogens with zero attached hydrogens (tertiary/aromatic N) is 2. The molecule has 0 aromatic rings. The van der Waals surface area contributed by atoms with Crippen LogP contribution in [0.4, 0.5) is 0 Å². The van der Waals surface area contributed by atoms with Gasteiger partial charge in [-0.05, 0) is 31.6 Å². The third-order valence-electron chi connectivity index (χ3n) is 4.83. The maximum absolute atomic E-state index is 5.61. The minimum atomic E-state index is 0.541. The standard InChI is InChI=1S/C18H36N4O/c1-15(2)14-23-12-6-10-20-18(19-3)21-16-9-11-22(13-16)17-7-4-5-8-17/h15-17H,4-14H2,1-3H3,(H2,19,20,21). The van der Waals surface area contributed by atoms with E-state index in [0.29, 0.717) is 12.0 Å². The lowest BCUT2D eigenvalue weighted by molar-refractivity contribution is 0.108. The van der Waals surface area contributed by atoms with Gasteiger partial charge in [0.05, 0.1) is 0 Å². The Morgan fingerprint density at radius 1 is 1.26 bits per heavy atom. The normalized spacial score (nSPS) is 23.8. The van der Waals surface area contributed by atoms with Crippen LogP contribution in [-0.4, -0.2) is 62.8 Å². The number of aliphatic imine (C=N–C) groups is 1. The van der Waals surface area contributed by atoms with Crippen LogP contribution in [-0.2, 0) is 4.74 Å². The molecule has 1 saturated heterocycles. The highest BCUT2D eigenvalue weighted by Gasteiger charge is 2.30. The van der Waals surface area contributed by atoms with Crippen molar-refractivity contribution in [2.75, 3.05) is 39.9 Å². The van der Waals surface area contributed by atoms with Crippen LogP contribution in [0.2, 0.25) is 0 Å². The van der Waals surface area contributed by atoms with Crippen molar-refractivity contribution in [3.05, 3.63) is 0 Å². The largest absolute Gasteiger partial charge is 0.381 e. The van der Waals surface area contributed by atoms with Crippen LogP contribution in [0.25, 0.3) is 0 Å². The van der Waals surface area contributed by atoms with E-state index in [0.717, 1.165) is 38.2 Å². The van der Waals surface area contributed by atoms with Gasteiger partial charge < -0.3 is 15.4 Å². The first kappa shape index (κ1) is 18.5. The van der Waals surface area contributed by atoms with Gasteiger partial charge in [-0.2, -0.15) is 0 Å². The van der Waals surface area contributed by atoms with E-state index in [9.17, 15) is 0 Å². The Labute approximate surface area is 142 Å². The van der Waals surface area contributed by atoms with Gasteiger partial charge in [0.1, 0.15) is 0 Å². The molecule has 2 N–H and O–H groups in total. The second kappa shape index (κ2) is 10.1. The smallest absolute Gasteiger partial charge is 0.191 e. The molecule has 2 rings (SSSR count). The summed E-state index contributed by atoms with van der Waals surface area (Å²) in [5.41, 5.74) is 0. The van der Waals surface area contributed by atoms with Crippen LogP contribution in [0.1, 0.15) is 52.4 Å². The van der Waals surface area contributed by atoms with Crippen LogP contribution in [0.15, 0.2) is 4.99 Å². The molecule has 1 aliphatic heterocycles. The Balaban J connectivity index is 1.58. The molecular weight excluding hydrogens is 288 g/mol.